The molecule has 1 atom stereocenters. The van der Waals surface area contributed by atoms with Gasteiger partial charge in [-0.3, -0.25) is 0 Å². The second-order valence-electron chi connectivity index (χ2n) is 4.57. The average Bonchev–Trinajstić information content (AvgIpc) is 2.87. The molecule has 0 saturated carbocycles. The summed E-state index contributed by atoms with van der Waals surface area (Å²) in [4.78, 5) is 2.86. The van der Waals surface area contributed by atoms with Gasteiger partial charge in [0.1, 0.15) is 0 Å². The minimum atomic E-state index is 0.117. The predicted molar refractivity (Wildman–Crippen MR) is 72.6 cm³/mol. The molecule has 0 fully saturated rings. The van der Waals surface area contributed by atoms with Crippen molar-refractivity contribution in [3.63, 3.8) is 0 Å². The number of unbranched alkanes of at least 4 members (excludes halogenated alkanes) is 3. The molecular formula is C14H22N3O+. The molecule has 0 radical (unpaired) electrons. The summed E-state index contributed by atoms with van der Waals surface area (Å²) in [6.07, 6.45) is 11.5. The summed E-state index contributed by atoms with van der Waals surface area (Å²) in [6, 6.07) is 4.20. The Morgan fingerprint density at radius 2 is 2.06 bits per heavy atom. The van der Waals surface area contributed by atoms with E-state index in [4.69, 9.17) is 5.39 Å². The third-order valence-electron chi connectivity index (χ3n) is 3.09. The fraction of sp³-hybridized carbons (Fsp3) is 0.571. The minimum absolute atomic E-state index is 0.117. The highest BCUT2D eigenvalue weighted by atomic mass is 16.3. The number of allylic oxidation sites excluding steroid dienone is 1. The molecule has 1 rings (SSSR count). The lowest BCUT2D eigenvalue weighted by atomic mass is 10.0. The van der Waals surface area contributed by atoms with Crippen LogP contribution in [0, 0.1) is 5.39 Å². The van der Waals surface area contributed by atoms with Crippen LogP contribution in [0.15, 0.2) is 36.5 Å². The lowest BCUT2D eigenvalue weighted by Gasteiger charge is -2.17. The van der Waals surface area contributed by atoms with Crippen molar-refractivity contribution in [2.75, 3.05) is 0 Å². The monoisotopic (exact) mass is 248 g/mol. The number of diazo groups is 1. The van der Waals surface area contributed by atoms with Crippen LogP contribution in [0.3, 0.4) is 0 Å². The van der Waals surface area contributed by atoms with Crippen LogP contribution in [0.1, 0.15) is 51.5 Å². The van der Waals surface area contributed by atoms with E-state index in [0.717, 1.165) is 19.0 Å². The largest absolute Gasteiger partial charge is 0.505 e. The van der Waals surface area contributed by atoms with E-state index in [0.29, 0.717) is 6.42 Å². The van der Waals surface area contributed by atoms with Crippen LogP contribution in [-0.2, 0) is 0 Å². The number of hydrogen-bond donors (Lipinski definition) is 1. The van der Waals surface area contributed by atoms with E-state index in [1.165, 1.54) is 19.3 Å². The highest BCUT2D eigenvalue weighted by Gasteiger charge is 2.14. The van der Waals surface area contributed by atoms with E-state index in [2.05, 4.69) is 16.5 Å². The molecule has 0 aliphatic carbocycles. The Morgan fingerprint density at radius 3 is 2.67 bits per heavy atom. The molecule has 0 unspecified atom stereocenters. The van der Waals surface area contributed by atoms with Gasteiger partial charge < -0.3 is 9.67 Å². The number of hydrogen-bond acceptors (Lipinski definition) is 2. The molecule has 1 heterocycles. The van der Waals surface area contributed by atoms with Crippen molar-refractivity contribution in [1.29, 1.82) is 5.39 Å². The topological polar surface area (TPSA) is 53.3 Å². The van der Waals surface area contributed by atoms with Crippen LogP contribution in [0.2, 0.25) is 0 Å². The number of aliphatic hydroxyl groups is 1. The van der Waals surface area contributed by atoms with Gasteiger partial charge in [-0.15, -0.1) is 0 Å². The van der Waals surface area contributed by atoms with Crippen LogP contribution in [-0.4, -0.2) is 9.67 Å². The summed E-state index contributed by atoms with van der Waals surface area (Å²) >= 11 is 0. The molecule has 0 bridgehead atoms. The first-order valence-corrected chi connectivity index (χ1v) is 6.62. The van der Waals surface area contributed by atoms with E-state index in [1.807, 2.05) is 24.5 Å². The summed E-state index contributed by atoms with van der Waals surface area (Å²) in [5.74, 6) is 0.117. The predicted octanol–water partition coefficient (Wildman–Crippen LogP) is 4.64. The van der Waals surface area contributed by atoms with Gasteiger partial charge in [-0.2, -0.15) is 0 Å². The third kappa shape index (κ3) is 5.05. The van der Waals surface area contributed by atoms with Gasteiger partial charge >= 0.3 is 6.20 Å². The summed E-state index contributed by atoms with van der Waals surface area (Å²) in [6.45, 7) is 2.20. The number of aliphatic hydroxyl groups excluding tert-OH is 1. The SMILES string of the molecule is CCCCCC[C@H](C/C(O)=C\[N+]#N)n1cccc1. The first-order valence-electron chi connectivity index (χ1n) is 6.62. The molecule has 0 aromatic carbocycles. The third-order valence-corrected chi connectivity index (χ3v) is 3.09. The van der Waals surface area contributed by atoms with Gasteiger partial charge in [-0.1, -0.05) is 32.6 Å². The van der Waals surface area contributed by atoms with Crippen molar-refractivity contribution >= 4 is 0 Å². The van der Waals surface area contributed by atoms with Gasteiger partial charge in [0.25, 0.3) is 0 Å². The van der Waals surface area contributed by atoms with Gasteiger partial charge in [-0.05, 0) is 18.6 Å². The molecule has 98 valence electrons. The molecule has 1 aromatic heterocycles. The molecule has 1 aromatic rings. The van der Waals surface area contributed by atoms with E-state index < -0.39 is 0 Å². The first kappa shape index (κ1) is 14.3. The van der Waals surface area contributed by atoms with Crippen molar-refractivity contribution < 1.29 is 5.11 Å². The molecule has 0 amide bonds. The Hall–Kier alpha value is -1.76. The van der Waals surface area contributed by atoms with Crippen LogP contribution >= 0.6 is 0 Å². The normalized spacial score (nSPS) is 13.2. The molecule has 4 heteroatoms. The Balaban J connectivity index is 2.54. The van der Waals surface area contributed by atoms with E-state index in [1.54, 1.807) is 0 Å². The second-order valence-corrected chi connectivity index (χ2v) is 4.57. The lowest BCUT2D eigenvalue weighted by molar-refractivity contribution is 0.333. The highest BCUT2D eigenvalue weighted by molar-refractivity contribution is 5.00. The van der Waals surface area contributed by atoms with Crippen LogP contribution in [0.5, 0.6) is 0 Å². The standard InChI is InChI=1S/C14H21N3O/c1-2-3-4-5-8-13(11-14(18)12-16-15)17-9-6-7-10-17/h6-7,9-10,12-13H,2-5,8,11H2,1H3/p+1/b14-12+/t13-/m1/s1. The molecule has 0 aliphatic heterocycles. The molecule has 1 N–H and O–H groups in total. The summed E-state index contributed by atoms with van der Waals surface area (Å²) in [5, 5.41) is 18.0. The maximum Gasteiger partial charge on any atom is 0.387 e. The lowest BCUT2D eigenvalue weighted by Crippen LogP contribution is -2.08. The van der Waals surface area contributed by atoms with E-state index in [-0.39, 0.29) is 11.8 Å². The number of nitrogens with zero attached hydrogens (tertiary/aromatic N) is 3. The fourth-order valence-electron chi connectivity index (χ4n) is 2.12. The average molecular weight is 248 g/mol. The summed E-state index contributed by atoms with van der Waals surface area (Å²) < 4.78 is 2.10. The Labute approximate surface area is 109 Å². The zero-order valence-corrected chi connectivity index (χ0v) is 11.0. The zero-order valence-electron chi connectivity index (χ0n) is 11.0. The number of aromatic nitrogens is 1. The summed E-state index contributed by atoms with van der Waals surface area (Å²) in [5.41, 5.74) is 0. The van der Waals surface area contributed by atoms with Crippen molar-refractivity contribution in [3.8, 4) is 0 Å². The van der Waals surface area contributed by atoms with Gasteiger partial charge in [-0.25, -0.2) is 0 Å². The van der Waals surface area contributed by atoms with Gasteiger partial charge in [0.05, 0.1) is 0 Å². The van der Waals surface area contributed by atoms with Gasteiger partial charge in [0, 0.05) is 24.9 Å². The quantitative estimate of drug-likeness (QED) is 0.414. The van der Waals surface area contributed by atoms with Crippen molar-refractivity contribution in [2.45, 2.75) is 51.5 Å². The van der Waals surface area contributed by atoms with Crippen molar-refractivity contribution in [2.24, 2.45) is 0 Å². The van der Waals surface area contributed by atoms with Crippen molar-refractivity contribution in [3.05, 3.63) is 41.5 Å². The zero-order chi connectivity index (χ0) is 13.2. The highest BCUT2D eigenvalue weighted by Crippen LogP contribution is 2.23. The molecule has 0 aliphatic rings. The maximum atomic E-state index is 9.62. The van der Waals surface area contributed by atoms with E-state index >= 15 is 0 Å². The molecule has 0 spiro atoms. The van der Waals surface area contributed by atoms with Gasteiger partial charge in [0.2, 0.25) is 5.39 Å². The second kappa shape index (κ2) is 8.35. The molecule has 0 saturated heterocycles. The van der Waals surface area contributed by atoms with Crippen LogP contribution in [0.4, 0.5) is 0 Å². The number of rotatable bonds is 8. The fourth-order valence-corrected chi connectivity index (χ4v) is 2.12. The van der Waals surface area contributed by atoms with Crippen LogP contribution in [0.25, 0.3) is 4.98 Å². The van der Waals surface area contributed by atoms with E-state index in [9.17, 15) is 5.11 Å². The first-order chi connectivity index (χ1) is 8.77. The van der Waals surface area contributed by atoms with Gasteiger partial charge in [0.15, 0.2) is 10.7 Å². The molecule has 4 nitrogen and oxygen atoms in total. The van der Waals surface area contributed by atoms with Crippen LogP contribution < -0.4 is 0 Å². The Bertz CT molecular complexity index is 390. The van der Waals surface area contributed by atoms with Crippen molar-refractivity contribution in [1.82, 2.24) is 4.57 Å². The molecular weight excluding hydrogens is 226 g/mol. The smallest absolute Gasteiger partial charge is 0.387 e. The minimum Gasteiger partial charge on any atom is -0.505 e. The summed E-state index contributed by atoms with van der Waals surface area (Å²) in [7, 11) is 0. The Kier molecular flexibility index (Phi) is 6.63. The molecule has 18 heavy (non-hydrogen) atoms. The Morgan fingerprint density at radius 1 is 1.33 bits per heavy atom. The maximum absolute atomic E-state index is 9.62.